The summed E-state index contributed by atoms with van der Waals surface area (Å²) in [6, 6.07) is 11.9. The topological polar surface area (TPSA) is 56.0 Å². The maximum Gasteiger partial charge on any atom is 0.278 e. The minimum Gasteiger partial charge on any atom is -0.258 e. The van der Waals surface area contributed by atoms with E-state index in [1.54, 1.807) is 36.5 Å². The zero-order valence-corrected chi connectivity index (χ0v) is 13.3. The Morgan fingerprint density at radius 1 is 1.09 bits per heavy atom. The lowest BCUT2D eigenvalue weighted by molar-refractivity contribution is -0.383. The van der Waals surface area contributed by atoms with Gasteiger partial charge in [0.25, 0.3) is 5.69 Å². The number of aromatic nitrogens is 1. The number of hydrogen-bond acceptors (Lipinski definition) is 4. The number of pyridine rings is 1. The van der Waals surface area contributed by atoms with Gasteiger partial charge in [-0.1, -0.05) is 35.0 Å². The second-order valence-corrected chi connectivity index (χ2v) is 6.35. The van der Waals surface area contributed by atoms with Gasteiger partial charge in [-0.05, 0) is 36.4 Å². The molecule has 3 aromatic rings. The number of nitrogens with zero attached hydrogens (tertiary/aromatic N) is 2. The van der Waals surface area contributed by atoms with E-state index in [-0.39, 0.29) is 5.69 Å². The highest BCUT2D eigenvalue weighted by Gasteiger charge is 2.15. The summed E-state index contributed by atoms with van der Waals surface area (Å²) in [4.78, 5) is 16.7. The fraction of sp³-hybridized carbons (Fsp3) is 0. The summed E-state index contributed by atoms with van der Waals surface area (Å²) in [6.07, 6.45) is 1.62. The van der Waals surface area contributed by atoms with Crippen molar-refractivity contribution in [2.45, 2.75) is 9.79 Å². The average Bonchev–Trinajstić information content (AvgIpc) is 2.51. The molecule has 1 aromatic heterocycles. The molecule has 0 spiro atoms. The number of nitro benzene ring substituents is 1. The van der Waals surface area contributed by atoms with Crippen LogP contribution in [-0.2, 0) is 0 Å². The summed E-state index contributed by atoms with van der Waals surface area (Å²) in [5, 5.41) is 12.6. The summed E-state index contributed by atoms with van der Waals surface area (Å²) >= 11 is 13.4. The van der Waals surface area contributed by atoms with E-state index in [4.69, 9.17) is 23.2 Å². The van der Waals surface area contributed by atoms with Gasteiger partial charge in [-0.25, -0.2) is 0 Å². The average molecular weight is 351 g/mol. The lowest BCUT2D eigenvalue weighted by Gasteiger charge is -2.07. The van der Waals surface area contributed by atoms with Crippen LogP contribution in [-0.4, -0.2) is 9.91 Å². The van der Waals surface area contributed by atoms with Crippen LogP contribution in [0.2, 0.25) is 10.0 Å². The number of nitro groups is 1. The number of benzene rings is 2. The van der Waals surface area contributed by atoms with Gasteiger partial charge in [0.15, 0.2) is 0 Å². The largest absolute Gasteiger partial charge is 0.278 e. The second kappa shape index (κ2) is 6.12. The van der Waals surface area contributed by atoms with E-state index in [2.05, 4.69) is 4.98 Å². The third kappa shape index (κ3) is 2.88. The molecule has 0 saturated heterocycles. The number of rotatable bonds is 3. The molecule has 4 nitrogen and oxygen atoms in total. The Morgan fingerprint density at radius 3 is 2.64 bits per heavy atom. The molecule has 0 aliphatic carbocycles. The van der Waals surface area contributed by atoms with E-state index in [9.17, 15) is 10.1 Å². The highest BCUT2D eigenvalue weighted by atomic mass is 35.5. The van der Waals surface area contributed by atoms with E-state index in [1.165, 1.54) is 17.8 Å². The quantitative estimate of drug-likeness (QED) is 0.455. The highest BCUT2D eigenvalue weighted by Crippen LogP contribution is 2.37. The molecule has 0 atom stereocenters. The van der Waals surface area contributed by atoms with Crippen LogP contribution in [0.25, 0.3) is 10.9 Å². The Hall–Kier alpha value is -1.82. The number of hydrogen-bond donors (Lipinski definition) is 0. The first kappa shape index (κ1) is 15.1. The molecule has 0 N–H and O–H groups in total. The van der Waals surface area contributed by atoms with Crippen LogP contribution in [0.5, 0.6) is 0 Å². The van der Waals surface area contributed by atoms with Crippen LogP contribution >= 0.6 is 35.0 Å². The van der Waals surface area contributed by atoms with Crippen molar-refractivity contribution in [2.75, 3.05) is 0 Å². The first-order valence-corrected chi connectivity index (χ1v) is 7.78. The molecule has 0 aliphatic heterocycles. The molecular weight excluding hydrogens is 343 g/mol. The molecule has 0 radical (unpaired) electrons. The molecule has 0 bridgehead atoms. The highest BCUT2D eigenvalue weighted by molar-refractivity contribution is 7.99. The molecule has 0 amide bonds. The normalized spacial score (nSPS) is 10.8. The van der Waals surface area contributed by atoms with Crippen molar-refractivity contribution in [3.63, 3.8) is 0 Å². The molecular formula is C15H8Cl2N2O2S. The minimum absolute atomic E-state index is 0.0431. The molecule has 0 unspecified atom stereocenters. The Morgan fingerprint density at radius 2 is 1.91 bits per heavy atom. The molecule has 1 heterocycles. The molecule has 2 aromatic carbocycles. The smallest absolute Gasteiger partial charge is 0.258 e. The third-order valence-electron chi connectivity index (χ3n) is 3.03. The zero-order chi connectivity index (χ0) is 15.7. The van der Waals surface area contributed by atoms with Crippen molar-refractivity contribution in [3.05, 3.63) is 68.8 Å². The number of non-ortho nitro benzene ring substituents is 1. The van der Waals surface area contributed by atoms with Crippen molar-refractivity contribution < 1.29 is 4.92 Å². The van der Waals surface area contributed by atoms with Gasteiger partial charge in [0.1, 0.15) is 0 Å². The zero-order valence-electron chi connectivity index (χ0n) is 11.0. The molecule has 0 saturated carbocycles. The molecule has 0 aliphatic rings. The van der Waals surface area contributed by atoms with Gasteiger partial charge in [0.2, 0.25) is 0 Å². The van der Waals surface area contributed by atoms with E-state index < -0.39 is 4.92 Å². The SMILES string of the molecule is O=[N+]([O-])c1ccc(Sc2ccc(Cl)c(Cl)c2)c2ncccc12. The Kier molecular flexibility index (Phi) is 4.20. The van der Waals surface area contributed by atoms with Crippen LogP contribution < -0.4 is 0 Å². The molecule has 7 heteroatoms. The van der Waals surface area contributed by atoms with Crippen LogP contribution in [0.4, 0.5) is 5.69 Å². The monoisotopic (exact) mass is 350 g/mol. The van der Waals surface area contributed by atoms with Crippen LogP contribution in [0.3, 0.4) is 0 Å². The van der Waals surface area contributed by atoms with E-state index in [1.807, 2.05) is 6.07 Å². The standard InChI is InChI=1S/C15H8Cl2N2O2S/c16-11-4-3-9(8-12(11)17)22-14-6-5-13(19(20)21)10-2-1-7-18-15(10)14/h1-8H. The van der Waals surface area contributed by atoms with Gasteiger partial charge in [0.05, 0.1) is 25.9 Å². The molecule has 3 rings (SSSR count). The van der Waals surface area contributed by atoms with E-state index in [0.29, 0.717) is 20.9 Å². The Labute approximate surface area is 140 Å². The maximum absolute atomic E-state index is 11.1. The number of fused-ring (bicyclic) bond motifs is 1. The van der Waals surface area contributed by atoms with Gasteiger partial charge < -0.3 is 0 Å². The molecule has 22 heavy (non-hydrogen) atoms. The van der Waals surface area contributed by atoms with Crippen LogP contribution in [0.1, 0.15) is 0 Å². The lowest BCUT2D eigenvalue weighted by Crippen LogP contribution is -1.91. The third-order valence-corrected chi connectivity index (χ3v) is 4.80. The summed E-state index contributed by atoms with van der Waals surface area (Å²) in [5.74, 6) is 0. The predicted octanol–water partition coefficient (Wildman–Crippen LogP) is 5.60. The maximum atomic E-state index is 11.1. The van der Waals surface area contributed by atoms with E-state index in [0.717, 1.165) is 9.79 Å². The summed E-state index contributed by atoms with van der Waals surface area (Å²) in [7, 11) is 0. The molecule has 0 fully saturated rings. The van der Waals surface area contributed by atoms with Crippen molar-refractivity contribution in [2.24, 2.45) is 0 Å². The van der Waals surface area contributed by atoms with Gasteiger partial charge in [-0.2, -0.15) is 0 Å². The number of halogens is 2. The summed E-state index contributed by atoms with van der Waals surface area (Å²) in [5.41, 5.74) is 0.634. The minimum atomic E-state index is -0.405. The van der Waals surface area contributed by atoms with Crippen LogP contribution in [0.15, 0.2) is 58.5 Å². The Bertz CT molecular complexity index is 887. The van der Waals surface area contributed by atoms with Crippen molar-refractivity contribution >= 4 is 51.6 Å². The van der Waals surface area contributed by atoms with Crippen molar-refractivity contribution in [1.29, 1.82) is 0 Å². The predicted molar refractivity (Wildman–Crippen MR) is 89.0 cm³/mol. The van der Waals surface area contributed by atoms with Gasteiger partial charge >= 0.3 is 0 Å². The van der Waals surface area contributed by atoms with Crippen molar-refractivity contribution in [3.8, 4) is 0 Å². The first-order valence-electron chi connectivity index (χ1n) is 6.21. The van der Waals surface area contributed by atoms with E-state index >= 15 is 0 Å². The fourth-order valence-corrected chi connectivity index (χ4v) is 3.37. The van der Waals surface area contributed by atoms with Gasteiger partial charge in [0, 0.05) is 22.1 Å². The molecule has 110 valence electrons. The van der Waals surface area contributed by atoms with Gasteiger partial charge in [-0.3, -0.25) is 15.1 Å². The van der Waals surface area contributed by atoms with Crippen molar-refractivity contribution in [1.82, 2.24) is 4.98 Å². The summed E-state index contributed by atoms with van der Waals surface area (Å²) in [6.45, 7) is 0. The second-order valence-electron chi connectivity index (χ2n) is 4.42. The Balaban J connectivity index is 2.10. The first-order chi connectivity index (χ1) is 10.6. The summed E-state index contributed by atoms with van der Waals surface area (Å²) < 4.78 is 0. The lowest BCUT2D eigenvalue weighted by atomic mass is 10.2. The van der Waals surface area contributed by atoms with Gasteiger partial charge in [-0.15, -0.1) is 0 Å². The van der Waals surface area contributed by atoms with Crippen LogP contribution in [0, 0.1) is 10.1 Å². The fourth-order valence-electron chi connectivity index (χ4n) is 2.04.